The minimum absolute atomic E-state index is 0.0721. The van der Waals surface area contributed by atoms with Gasteiger partial charge in [-0.1, -0.05) is 12.1 Å². The van der Waals surface area contributed by atoms with Crippen molar-refractivity contribution < 1.29 is 18.3 Å². The van der Waals surface area contributed by atoms with E-state index in [4.69, 9.17) is 0 Å². The van der Waals surface area contributed by atoms with Crippen LogP contribution in [0.4, 0.5) is 13.2 Å². The molecule has 0 spiro atoms. The van der Waals surface area contributed by atoms with Crippen LogP contribution < -0.4 is 5.32 Å². The van der Waals surface area contributed by atoms with Gasteiger partial charge in [0, 0.05) is 30.9 Å². The van der Waals surface area contributed by atoms with E-state index in [2.05, 4.69) is 10.4 Å². The number of benzene rings is 1. The van der Waals surface area contributed by atoms with E-state index in [1.807, 2.05) is 17.9 Å². The maximum absolute atomic E-state index is 12.8. The lowest BCUT2D eigenvalue weighted by Gasteiger charge is -2.25. The second-order valence-corrected chi connectivity index (χ2v) is 6.16. The van der Waals surface area contributed by atoms with E-state index in [0.717, 1.165) is 37.0 Å². The molecule has 1 aromatic carbocycles. The fraction of sp³-hybridized carbons (Fsp3) is 0.471. The van der Waals surface area contributed by atoms with Gasteiger partial charge in [0.25, 0.3) is 0 Å². The molecule has 0 aliphatic heterocycles. The maximum atomic E-state index is 12.8. The van der Waals surface area contributed by atoms with E-state index in [9.17, 15) is 18.3 Å². The highest BCUT2D eigenvalue weighted by Gasteiger charge is 2.31. The molecule has 0 bridgehead atoms. The lowest BCUT2D eigenvalue weighted by Crippen LogP contribution is -2.29. The molecule has 2 N–H and O–H groups in total. The molecule has 0 amide bonds. The first-order chi connectivity index (χ1) is 11.4. The van der Waals surface area contributed by atoms with Crippen LogP contribution in [0.2, 0.25) is 0 Å². The summed E-state index contributed by atoms with van der Waals surface area (Å²) in [5, 5.41) is 17.8. The Hall–Kier alpha value is -1.86. The largest absolute Gasteiger partial charge is 0.416 e. The molecule has 7 heteroatoms. The highest BCUT2D eigenvalue weighted by Crippen LogP contribution is 2.32. The quantitative estimate of drug-likeness (QED) is 0.900. The Kier molecular flexibility index (Phi) is 4.64. The van der Waals surface area contributed by atoms with E-state index in [-0.39, 0.29) is 18.2 Å². The number of rotatable bonds is 4. The average molecular weight is 339 g/mol. The van der Waals surface area contributed by atoms with Crippen LogP contribution in [0.3, 0.4) is 0 Å². The molecule has 2 atom stereocenters. The van der Waals surface area contributed by atoms with Gasteiger partial charge in [0.2, 0.25) is 0 Å². The summed E-state index contributed by atoms with van der Waals surface area (Å²) in [4.78, 5) is 0. The van der Waals surface area contributed by atoms with Crippen molar-refractivity contribution in [3.8, 4) is 0 Å². The van der Waals surface area contributed by atoms with Crippen molar-refractivity contribution >= 4 is 0 Å². The van der Waals surface area contributed by atoms with Crippen LogP contribution in [0.15, 0.2) is 30.5 Å². The summed E-state index contributed by atoms with van der Waals surface area (Å²) in [7, 11) is 1.90. The zero-order valence-electron chi connectivity index (χ0n) is 13.3. The summed E-state index contributed by atoms with van der Waals surface area (Å²) < 4.78 is 40.2. The number of alkyl halides is 3. The SMILES string of the molecule is Cn1ncc2c1CCCC2NCC(O)c1cccc(C(F)(F)F)c1. The third-order valence-electron chi connectivity index (χ3n) is 4.53. The van der Waals surface area contributed by atoms with Crippen molar-refractivity contribution in [3.63, 3.8) is 0 Å². The highest BCUT2D eigenvalue weighted by atomic mass is 19.4. The molecular weight excluding hydrogens is 319 g/mol. The summed E-state index contributed by atoms with van der Waals surface area (Å²) in [5.41, 5.74) is 1.80. The van der Waals surface area contributed by atoms with Gasteiger partial charge in [-0.3, -0.25) is 4.68 Å². The van der Waals surface area contributed by atoms with Gasteiger partial charge >= 0.3 is 6.18 Å². The summed E-state index contributed by atoms with van der Waals surface area (Å²) in [6.07, 6.45) is -0.660. The van der Waals surface area contributed by atoms with Gasteiger partial charge < -0.3 is 10.4 Å². The van der Waals surface area contributed by atoms with Gasteiger partial charge in [0.15, 0.2) is 0 Å². The first-order valence-electron chi connectivity index (χ1n) is 7.95. The number of fused-ring (bicyclic) bond motifs is 1. The number of nitrogens with zero attached hydrogens (tertiary/aromatic N) is 2. The first-order valence-corrected chi connectivity index (χ1v) is 7.95. The lowest BCUT2D eigenvalue weighted by molar-refractivity contribution is -0.137. The molecule has 1 heterocycles. The van der Waals surface area contributed by atoms with Crippen molar-refractivity contribution in [2.24, 2.45) is 7.05 Å². The Balaban J connectivity index is 1.67. The smallest absolute Gasteiger partial charge is 0.387 e. The van der Waals surface area contributed by atoms with Crippen LogP contribution in [0.5, 0.6) is 0 Å². The van der Waals surface area contributed by atoms with Crippen molar-refractivity contribution in [2.45, 2.75) is 37.6 Å². The molecule has 2 aromatic rings. The van der Waals surface area contributed by atoms with Gasteiger partial charge in [-0.05, 0) is 37.0 Å². The number of halogens is 3. The summed E-state index contributed by atoms with van der Waals surface area (Å²) >= 11 is 0. The predicted molar refractivity (Wildman–Crippen MR) is 83.3 cm³/mol. The van der Waals surface area contributed by atoms with E-state index in [0.29, 0.717) is 0 Å². The van der Waals surface area contributed by atoms with Crippen LogP contribution in [0.25, 0.3) is 0 Å². The predicted octanol–water partition coefficient (Wildman–Crippen LogP) is 3.14. The molecule has 1 aliphatic rings. The van der Waals surface area contributed by atoms with Gasteiger partial charge in [-0.25, -0.2) is 0 Å². The molecule has 0 saturated carbocycles. The third-order valence-corrected chi connectivity index (χ3v) is 4.53. The van der Waals surface area contributed by atoms with E-state index < -0.39 is 17.8 Å². The van der Waals surface area contributed by atoms with Crippen molar-refractivity contribution in [2.75, 3.05) is 6.54 Å². The normalized spacial score (nSPS) is 19.1. The highest BCUT2D eigenvalue weighted by molar-refractivity contribution is 5.28. The van der Waals surface area contributed by atoms with Crippen LogP contribution in [0, 0.1) is 0 Å². The number of aromatic nitrogens is 2. The summed E-state index contributed by atoms with van der Waals surface area (Å²) in [6.45, 7) is 0.195. The Morgan fingerprint density at radius 2 is 2.21 bits per heavy atom. The molecule has 24 heavy (non-hydrogen) atoms. The molecule has 0 radical (unpaired) electrons. The first kappa shape index (κ1) is 17.0. The Labute approximate surface area is 138 Å². The molecule has 4 nitrogen and oxygen atoms in total. The van der Waals surface area contributed by atoms with E-state index >= 15 is 0 Å². The van der Waals surface area contributed by atoms with Gasteiger partial charge in [-0.15, -0.1) is 0 Å². The second-order valence-electron chi connectivity index (χ2n) is 6.16. The van der Waals surface area contributed by atoms with E-state index in [1.54, 1.807) is 0 Å². The maximum Gasteiger partial charge on any atom is 0.416 e. The number of aryl methyl sites for hydroxylation is 1. The lowest BCUT2D eigenvalue weighted by atomic mass is 9.92. The number of aliphatic hydroxyl groups is 1. The van der Waals surface area contributed by atoms with Gasteiger partial charge in [-0.2, -0.15) is 18.3 Å². The fourth-order valence-electron chi connectivity index (χ4n) is 3.21. The number of aliphatic hydroxyl groups excluding tert-OH is 1. The van der Waals surface area contributed by atoms with Gasteiger partial charge in [0.05, 0.1) is 17.9 Å². The molecular formula is C17H20F3N3O. The average Bonchev–Trinajstić information content (AvgIpc) is 2.94. The third kappa shape index (κ3) is 3.47. The summed E-state index contributed by atoms with van der Waals surface area (Å²) in [6, 6.07) is 4.91. The zero-order chi connectivity index (χ0) is 17.3. The van der Waals surface area contributed by atoms with E-state index in [1.165, 1.54) is 17.8 Å². The minimum Gasteiger partial charge on any atom is -0.387 e. The van der Waals surface area contributed by atoms with Crippen LogP contribution in [-0.4, -0.2) is 21.4 Å². The molecule has 0 fully saturated rings. The molecule has 2 unspecified atom stereocenters. The molecule has 3 rings (SSSR count). The number of hydrogen-bond acceptors (Lipinski definition) is 3. The van der Waals surface area contributed by atoms with Crippen molar-refractivity contribution in [3.05, 3.63) is 52.8 Å². The minimum atomic E-state index is -4.41. The number of hydrogen-bond donors (Lipinski definition) is 2. The Morgan fingerprint density at radius 1 is 1.42 bits per heavy atom. The molecule has 1 aliphatic carbocycles. The number of nitrogens with one attached hydrogen (secondary N) is 1. The van der Waals surface area contributed by atoms with Crippen LogP contribution in [-0.2, 0) is 19.6 Å². The van der Waals surface area contributed by atoms with Crippen molar-refractivity contribution in [1.82, 2.24) is 15.1 Å². The second kappa shape index (κ2) is 6.57. The standard InChI is InChI=1S/C17H20F3N3O/c1-23-15-7-3-6-14(13(15)9-22-23)21-10-16(24)11-4-2-5-12(8-11)17(18,19)20/h2,4-5,8-9,14,16,21,24H,3,6-7,10H2,1H3. The Bertz CT molecular complexity index is 711. The van der Waals surface area contributed by atoms with Gasteiger partial charge in [0.1, 0.15) is 0 Å². The molecule has 1 aromatic heterocycles. The fourth-order valence-corrected chi connectivity index (χ4v) is 3.21. The Morgan fingerprint density at radius 3 is 2.96 bits per heavy atom. The monoisotopic (exact) mass is 339 g/mol. The van der Waals surface area contributed by atoms with Crippen molar-refractivity contribution in [1.29, 1.82) is 0 Å². The van der Waals surface area contributed by atoms with Crippen LogP contribution in [0.1, 0.15) is 47.4 Å². The zero-order valence-corrected chi connectivity index (χ0v) is 13.3. The summed E-state index contributed by atoms with van der Waals surface area (Å²) in [5.74, 6) is 0. The molecule has 0 saturated heterocycles. The molecule has 130 valence electrons. The van der Waals surface area contributed by atoms with Crippen LogP contribution >= 0.6 is 0 Å². The topological polar surface area (TPSA) is 50.1 Å².